The first-order valence-electron chi connectivity index (χ1n) is 17.4. The van der Waals surface area contributed by atoms with Gasteiger partial charge in [-0.2, -0.15) is 8.42 Å². The maximum atomic E-state index is 12.6. The first-order valence-corrected chi connectivity index (χ1v) is 20.9. The first kappa shape index (κ1) is 34.2. The van der Waals surface area contributed by atoms with Crippen LogP contribution in [0.2, 0.25) is 16.6 Å². The summed E-state index contributed by atoms with van der Waals surface area (Å²) in [4.78, 5) is 0.231. The van der Waals surface area contributed by atoms with Gasteiger partial charge in [-0.05, 0) is 120 Å². The molecule has 0 bridgehead atoms. The van der Waals surface area contributed by atoms with Gasteiger partial charge in [-0.3, -0.25) is 4.18 Å². The molecule has 0 aromatic heterocycles. The number of aryl methyl sites for hydroxylation is 1. The minimum Gasteiger partial charge on any atom is -0.543 e. The van der Waals surface area contributed by atoms with Crippen LogP contribution in [0.1, 0.15) is 110 Å². The summed E-state index contributed by atoms with van der Waals surface area (Å²) in [6, 6.07) is 13.8. The van der Waals surface area contributed by atoms with E-state index in [1.807, 2.05) is 19.1 Å². The van der Waals surface area contributed by atoms with Crippen molar-refractivity contribution in [1.82, 2.24) is 0 Å². The summed E-state index contributed by atoms with van der Waals surface area (Å²) in [6.07, 6.45) is 12.6. The summed E-state index contributed by atoms with van der Waals surface area (Å²) in [5, 5.41) is 0. The van der Waals surface area contributed by atoms with E-state index in [1.165, 1.54) is 24.0 Å². The Labute approximate surface area is 275 Å². The summed E-state index contributed by atoms with van der Waals surface area (Å²) in [7, 11) is -5.72. The molecule has 0 N–H and O–H groups in total. The molecule has 4 nitrogen and oxygen atoms in total. The SMILES string of the molecule is Cc1ccc(S(=O)(=O)OCCC[C@@H](C)C2=CC[C@H]3[C@@H]4C=Cc5cc(O[Si](C(C)C)(C(C)C)C(C)C)ccc5[C@H]4CC[C@]23C)cc1. The normalized spacial score (nSPS) is 25.2. The highest BCUT2D eigenvalue weighted by Gasteiger charge is 2.52. The smallest absolute Gasteiger partial charge is 0.296 e. The third-order valence-corrected chi connectivity index (χ3v) is 19.1. The maximum Gasteiger partial charge on any atom is 0.296 e. The second-order valence-corrected chi connectivity index (χ2v) is 22.3. The van der Waals surface area contributed by atoms with Crippen LogP contribution in [0.3, 0.4) is 0 Å². The van der Waals surface area contributed by atoms with Crippen LogP contribution in [-0.2, 0) is 14.3 Å². The van der Waals surface area contributed by atoms with E-state index in [2.05, 4.69) is 91.8 Å². The molecule has 1 fully saturated rings. The van der Waals surface area contributed by atoms with E-state index in [4.69, 9.17) is 8.61 Å². The van der Waals surface area contributed by atoms with Gasteiger partial charge in [-0.1, -0.05) is 103 Å². The van der Waals surface area contributed by atoms with Crippen molar-refractivity contribution in [1.29, 1.82) is 0 Å². The average molecular weight is 649 g/mol. The Balaban J connectivity index is 1.23. The van der Waals surface area contributed by atoms with E-state index in [9.17, 15) is 8.42 Å². The minimum absolute atomic E-state index is 0.192. The molecule has 0 radical (unpaired) electrons. The topological polar surface area (TPSA) is 52.6 Å². The van der Waals surface area contributed by atoms with Gasteiger partial charge in [0, 0.05) is 0 Å². The van der Waals surface area contributed by atoms with E-state index in [-0.39, 0.29) is 16.9 Å². The zero-order valence-corrected chi connectivity index (χ0v) is 30.9. The number of allylic oxidation sites excluding steroid dienone is 3. The molecule has 5 rings (SSSR count). The van der Waals surface area contributed by atoms with Crippen molar-refractivity contribution in [2.24, 2.45) is 23.2 Å². The molecule has 45 heavy (non-hydrogen) atoms. The van der Waals surface area contributed by atoms with E-state index in [0.717, 1.165) is 30.6 Å². The summed E-state index contributed by atoms with van der Waals surface area (Å²) in [5.41, 5.74) is 7.29. The molecule has 1 saturated carbocycles. The number of fused-ring (bicyclic) bond motifs is 5. The largest absolute Gasteiger partial charge is 0.543 e. The van der Waals surface area contributed by atoms with Gasteiger partial charge < -0.3 is 4.43 Å². The zero-order valence-electron chi connectivity index (χ0n) is 29.1. The molecule has 0 saturated heterocycles. The number of hydrogen-bond acceptors (Lipinski definition) is 4. The van der Waals surface area contributed by atoms with Gasteiger partial charge in [0.1, 0.15) is 5.75 Å². The lowest BCUT2D eigenvalue weighted by atomic mass is 9.55. The number of benzene rings is 2. The Morgan fingerprint density at radius 1 is 0.956 bits per heavy atom. The highest BCUT2D eigenvalue weighted by atomic mass is 32.2. The van der Waals surface area contributed by atoms with Crippen LogP contribution < -0.4 is 4.43 Å². The Hall–Kier alpha value is -2.15. The van der Waals surface area contributed by atoms with Gasteiger partial charge in [-0.25, -0.2) is 0 Å². The average Bonchev–Trinajstić information content (AvgIpc) is 3.34. The molecule has 3 aliphatic rings. The van der Waals surface area contributed by atoms with Crippen LogP contribution in [-0.4, -0.2) is 23.3 Å². The fourth-order valence-corrected chi connectivity index (χ4v) is 15.7. The van der Waals surface area contributed by atoms with Crippen molar-refractivity contribution in [2.45, 2.75) is 122 Å². The molecule has 5 atom stereocenters. The highest BCUT2D eigenvalue weighted by Crippen LogP contribution is 2.62. The molecule has 0 heterocycles. The third kappa shape index (κ3) is 6.41. The quantitative estimate of drug-likeness (QED) is 0.0994. The van der Waals surface area contributed by atoms with Gasteiger partial charge >= 0.3 is 0 Å². The predicted octanol–water partition coefficient (Wildman–Crippen LogP) is 10.8. The Kier molecular flexibility index (Phi) is 10.00. The molecule has 0 unspecified atom stereocenters. The molecule has 3 aliphatic carbocycles. The van der Waals surface area contributed by atoms with Crippen molar-refractivity contribution in [3.05, 3.63) is 76.9 Å². The molecule has 0 amide bonds. The van der Waals surface area contributed by atoms with Crippen LogP contribution in [0.4, 0.5) is 0 Å². The van der Waals surface area contributed by atoms with Crippen molar-refractivity contribution < 1.29 is 17.0 Å². The van der Waals surface area contributed by atoms with Crippen molar-refractivity contribution in [3.8, 4) is 5.75 Å². The van der Waals surface area contributed by atoms with Gasteiger partial charge in [-0.15, -0.1) is 0 Å². The molecule has 0 spiro atoms. The van der Waals surface area contributed by atoms with Crippen molar-refractivity contribution in [3.63, 3.8) is 0 Å². The molecule has 2 aromatic rings. The number of rotatable bonds is 12. The lowest BCUT2D eigenvalue weighted by Gasteiger charge is -2.49. The highest BCUT2D eigenvalue weighted by molar-refractivity contribution is 7.86. The minimum atomic E-state index is -3.71. The van der Waals surface area contributed by atoms with Crippen LogP contribution in [0, 0.1) is 30.1 Å². The summed E-state index contributed by atoms with van der Waals surface area (Å²) >= 11 is 0. The fourth-order valence-electron chi connectivity index (χ4n) is 9.55. The van der Waals surface area contributed by atoms with Crippen molar-refractivity contribution >= 4 is 24.5 Å². The molecular formula is C39H56O4SSi. The summed E-state index contributed by atoms with van der Waals surface area (Å²) in [6.45, 7) is 21.1. The Morgan fingerprint density at radius 2 is 1.62 bits per heavy atom. The van der Waals surface area contributed by atoms with Crippen LogP contribution in [0.25, 0.3) is 6.08 Å². The molecule has 0 aliphatic heterocycles. The Morgan fingerprint density at radius 3 is 2.27 bits per heavy atom. The van der Waals surface area contributed by atoms with E-state index in [0.29, 0.717) is 40.3 Å². The van der Waals surface area contributed by atoms with E-state index < -0.39 is 18.4 Å². The maximum absolute atomic E-state index is 12.6. The molecule has 6 heteroatoms. The van der Waals surface area contributed by atoms with E-state index in [1.54, 1.807) is 17.7 Å². The summed E-state index contributed by atoms with van der Waals surface area (Å²) in [5.74, 6) is 3.17. The van der Waals surface area contributed by atoms with Crippen LogP contribution in [0.5, 0.6) is 5.75 Å². The Bertz CT molecular complexity index is 1500. The number of hydrogen-bond donors (Lipinski definition) is 0. The third-order valence-electron chi connectivity index (χ3n) is 11.8. The van der Waals surface area contributed by atoms with E-state index >= 15 is 0 Å². The van der Waals surface area contributed by atoms with Crippen LogP contribution in [0.15, 0.2) is 65.1 Å². The predicted molar refractivity (Wildman–Crippen MR) is 190 cm³/mol. The zero-order chi connectivity index (χ0) is 32.7. The summed E-state index contributed by atoms with van der Waals surface area (Å²) < 4.78 is 37.7. The van der Waals surface area contributed by atoms with Gasteiger partial charge in [0.2, 0.25) is 0 Å². The van der Waals surface area contributed by atoms with Crippen molar-refractivity contribution in [2.75, 3.05) is 6.61 Å². The fraction of sp³-hybridized carbons (Fsp3) is 0.590. The monoisotopic (exact) mass is 648 g/mol. The lowest BCUT2D eigenvalue weighted by molar-refractivity contribution is 0.105. The standard InChI is InChI=1S/C39H56O4SSi/c1-26(2)45(27(3)4,28(5)6)43-32-15-19-34-31(25-32)14-18-36-35(34)22-23-39(9)37(20-21-38(36)39)30(8)11-10-24-42-44(40,41)33-16-12-29(7)13-17-33/h12-20,25-28,30,35-36,38H,10-11,21-24H2,1-9H3/t30-,35-,36-,38+,39-/m1/s1. The second kappa shape index (κ2) is 13.2. The molecule has 246 valence electrons. The molecule has 2 aromatic carbocycles. The van der Waals surface area contributed by atoms with Crippen LogP contribution >= 0.6 is 0 Å². The van der Waals surface area contributed by atoms with Gasteiger partial charge in [0.25, 0.3) is 18.4 Å². The lowest BCUT2D eigenvalue weighted by Crippen LogP contribution is -2.50. The molecular weight excluding hydrogens is 593 g/mol. The van der Waals surface area contributed by atoms with Gasteiger partial charge in [0.05, 0.1) is 11.5 Å². The van der Waals surface area contributed by atoms with Gasteiger partial charge in [0.15, 0.2) is 0 Å². The first-order chi connectivity index (χ1) is 21.2. The second-order valence-electron chi connectivity index (χ2n) is 15.3.